The number of nitrogens with one attached hydrogen (secondary N) is 2. The van der Waals surface area contributed by atoms with Gasteiger partial charge in [0.25, 0.3) is 5.91 Å². The number of carbonyl (C=O) groups excluding carboxylic acids is 2. The van der Waals surface area contributed by atoms with E-state index in [1.54, 1.807) is 26.0 Å². The molecule has 156 valence electrons. The van der Waals surface area contributed by atoms with E-state index < -0.39 is 19.2 Å². The summed E-state index contributed by atoms with van der Waals surface area (Å²) in [5.41, 5.74) is -0.274. The Kier molecular flexibility index (Phi) is 7.86. The molecule has 2 amide bonds. The summed E-state index contributed by atoms with van der Waals surface area (Å²) >= 11 is 11.7. The van der Waals surface area contributed by atoms with Gasteiger partial charge in [-0.2, -0.15) is 0 Å². The highest BCUT2D eigenvalue weighted by Gasteiger charge is 2.36. The van der Waals surface area contributed by atoms with Gasteiger partial charge < -0.3 is 20.4 Å². The first-order chi connectivity index (χ1) is 13.5. The van der Waals surface area contributed by atoms with Crippen LogP contribution in [-0.2, 0) is 9.36 Å². The second-order valence-corrected chi connectivity index (χ2v) is 9.50. The third-order valence-corrected chi connectivity index (χ3v) is 5.99. The zero-order valence-corrected chi connectivity index (χ0v) is 18.1. The average molecular weight is 459 g/mol. The summed E-state index contributed by atoms with van der Waals surface area (Å²) in [5.74, 6) is -1.20. The summed E-state index contributed by atoms with van der Waals surface area (Å²) < 4.78 is 11.6. The number of amides is 2. The number of hydrogen-bond acceptors (Lipinski definition) is 3. The summed E-state index contributed by atoms with van der Waals surface area (Å²) in [7, 11) is -4.58. The normalized spacial score (nSPS) is 12.5. The van der Waals surface area contributed by atoms with E-state index in [1.165, 1.54) is 30.3 Å². The van der Waals surface area contributed by atoms with Crippen molar-refractivity contribution in [3.63, 3.8) is 0 Å². The summed E-state index contributed by atoms with van der Waals surface area (Å²) in [6.45, 7) is 3.56. The van der Waals surface area contributed by atoms with Crippen molar-refractivity contribution in [1.82, 2.24) is 0 Å². The van der Waals surface area contributed by atoms with Gasteiger partial charge in [0.05, 0.1) is 10.0 Å². The van der Waals surface area contributed by atoms with Crippen molar-refractivity contribution >= 4 is 54.0 Å². The fourth-order valence-corrected chi connectivity index (χ4v) is 3.91. The summed E-state index contributed by atoms with van der Waals surface area (Å²) in [6, 6.07) is 10.7. The Morgan fingerprint density at radius 2 is 1.52 bits per heavy atom. The molecule has 1 atom stereocenters. The van der Waals surface area contributed by atoms with Crippen LogP contribution >= 0.6 is 30.8 Å². The molecule has 0 saturated carbocycles. The highest BCUT2D eigenvalue weighted by atomic mass is 35.5. The van der Waals surface area contributed by atoms with Crippen molar-refractivity contribution in [2.75, 3.05) is 10.6 Å². The Balaban J connectivity index is 2.05. The number of anilines is 2. The third-order valence-electron chi connectivity index (χ3n) is 4.00. The van der Waals surface area contributed by atoms with Gasteiger partial charge in [0, 0.05) is 16.9 Å². The van der Waals surface area contributed by atoms with Crippen molar-refractivity contribution in [2.24, 2.45) is 5.92 Å². The molecule has 29 heavy (non-hydrogen) atoms. The van der Waals surface area contributed by atoms with Gasteiger partial charge in [-0.1, -0.05) is 37.0 Å². The molecule has 0 fully saturated rings. The number of carbonyl (C=O) groups is 2. The smallest absolute Gasteiger partial charge is 0.325 e. The van der Waals surface area contributed by atoms with E-state index in [4.69, 9.17) is 23.2 Å². The molecule has 2 rings (SSSR count). The SMILES string of the molecule is CC(C)CC(C(=O)Nc1ccc(NC(=O)c2ccc(Cl)c(Cl)c2)cc1)P(=O)(O)O. The lowest BCUT2D eigenvalue weighted by atomic mass is 10.1. The summed E-state index contributed by atoms with van der Waals surface area (Å²) in [4.78, 5) is 43.5. The van der Waals surface area contributed by atoms with Crippen LogP contribution in [0.5, 0.6) is 0 Å². The van der Waals surface area contributed by atoms with Crippen LogP contribution in [0.2, 0.25) is 10.0 Å². The molecule has 0 aliphatic heterocycles. The fourth-order valence-electron chi connectivity index (χ4n) is 2.55. The van der Waals surface area contributed by atoms with E-state index >= 15 is 0 Å². The molecule has 4 N–H and O–H groups in total. The monoisotopic (exact) mass is 458 g/mol. The first kappa shape index (κ1) is 23.4. The van der Waals surface area contributed by atoms with Crippen LogP contribution in [0.15, 0.2) is 42.5 Å². The van der Waals surface area contributed by atoms with E-state index in [1.807, 2.05) is 0 Å². The Hall–Kier alpha value is -1.89. The molecule has 2 aromatic carbocycles. The molecule has 0 spiro atoms. The highest BCUT2D eigenvalue weighted by molar-refractivity contribution is 7.53. The average Bonchev–Trinajstić information content (AvgIpc) is 2.62. The van der Waals surface area contributed by atoms with E-state index in [9.17, 15) is 23.9 Å². The zero-order chi connectivity index (χ0) is 21.8. The van der Waals surface area contributed by atoms with Gasteiger partial charge in [0.1, 0.15) is 5.66 Å². The largest absolute Gasteiger partial charge is 0.337 e. The maximum Gasteiger partial charge on any atom is 0.337 e. The van der Waals surface area contributed by atoms with Crippen LogP contribution in [0.3, 0.4) is 0 Å². The molecule has 0 saturated heterocycles. The fraction of sp³-hybridized carbons (Fsp3) is 0.263. The number of halogens is 2. The van der Waals surface area contributed by atoms with Gasteiger partial charge in [-0.3, -0.25) is 14.2 Å². The first-order valence-electron chi connectivity index (χ1n) is 8.70. The number of rotatable bonds is 7. The lowest BCUT2D eigenvalue weighted by Gasteiger charge is -2.19. The lowest BCUT2D eigenvalue weighted by Crippen LogP contribution is -2.29. The Morgan fingerprint density at radius 1 is 0.966 bits per heavy atom. The molecular weight excluding hydrogens is 438 g/mol. The van der Waals surface area contributed by atoms with Crippen LogP contribution in [0.25, 0.3) is 0 Å². The molecular formula is C19H21Cl2N2O5P. The van der Waals surface area contributed by atoms with Crippen LogP contribution < -0.4 is 10.6 Å². The van der Waals surface area contributed by atoms with Crippen LogP contribution in [0, 0.1) is 5.92 Å². The van der Waals surface area contributed by atoms with Crippen molar-refractivity contribution in [3.8, 4) is 0 Å². The zero-order valence-electron chi connectivity index (χ0n) is 15.7. The Labute approximate surface area is 178 Å². The lowest BCUT2D eigenvalue weighted by molar-refractivity contribution is -0.116. The molecule has 0 aliphatic carbocycles. The van der Waals surface area contributed by atoms with Crippen LogP contribution in [0.4, 0.5) is 11.4 Å². The summed E-state index contributed by atoms with van der Waals surface area (Å²) in [6.07, 6.45) is 0.0634. The second kappa shape index (κ2) is 9.74. The molecule has 7 nitrogen and oxygen atoms in total. The topological polar surface area (TPSA) is 116 Å². The van der Waals surface area contributed by atoms with Crippen molar-refractivity contribution < 1.29 is 23.9 Å². The van der Waals surface area contributed by atoms with E-state index in [2.05, 4.69) is 10.6 Å². The third kappa shape index (κ3) is 6.84. The standard InChI is InChI=1S/C19H21Cl2N2O5P/c1-11(2)9-17(29(26,27)28)19(25)23-14-6-4-13(5-7-14)22-18(24)12-3-8-15(20)16(21)10-12/h3-8,10-11,17H,9H2,1-2H3,(H,22,24)(H,23,25)(H2,26,27,28). The molecule has 0 heterocycles. The Morgan fingerprint density at radius 3 is 2.00 bits per heavy atom. The number of hydrogen-bond donors (Lipinski definition) is 4. The minimum absolute atomic E-state index is 0.0580. The Bertz CT molecular complexity index is 944. The molecule has 1 unspecified atom stereocenters. The maximum atomic E-state index is 12.3. The minimum atomic E-state index is -4.58. The maximum absolute atomic E-state index is 12.3. The molecule has 10 heteroatoms. The van der Waals surface area contributed by atoms with Gasteiger partial charge in [-0.25, -0.2) is 0 Å². The molecule has 0 aromatic heterocycles. The number of benzene rings is 2. The molecule has 0 radical (unpaired) electrons. The van der Waals surface area contributed by atoms with Crippen molar-refractivity contribution in [2.45, 2.75) is 25.9 Å². The predicted molar refractivity (Wildman–Crippen MR) is 115 cm³/mol. The molecule has 2 aromatic rings. The summed E-state index contributed by atoms with van der Waals surface area (Å²) in [5, 5.41) is 5.79. The highest BCUT2D eigenvalue weighted by Crippen LogP contribution is 2.44. The van der Waals surface area contributed by atoms with Gasteiger partial charge in [-0.15, -0.1) is 0 Å². The van der Waals surface area contributed by atoms with E-state index in [0.29, 0.717) is 22.0 Å². The van der Waals surface area contributed by atoms with Gasteiger partial charge >= 0.3 is 7.60 Å². The molecule has 0 aliphatic rings. The predicted octanol–water partition coefficient (Wildman–Crippen LogP) is 4.78. The van der Waals surface area contributed by atoms with Gasteiger partial charge in [0.2, 0.25) is 5.91 Å². The minimum Gasteiger partial charge on any atom is -0.325 e. The van der Waals surface area contributed by atoms with E-state index in [0.717, 1.165) is 0 Å². The van der Waals surface area contributed by atoms with Crippen LogP contribution in [-0.4, -0.2) is 27.3 Å². The van der Waals surface area contributed by atoms with E-state index in [-0.39, 0.29) is 23.3 Å². The van der Waals surface area contributed by atoms with Crippen LogP contribution in [0.1, 0.15) is 30.6 Å². The second-order valence-electron chi connectivity index (χ2n) is 6.88. The van der Waals surface area contributed by atoms with Crippen molar-refractivity contribution in [1.29, 1.82) is 0 Å². The van der Waals surface area contributed by atoms with Gasteiger partial charge in [-0.05, 0) is 54.8 Å². The first-order valence-corrected chi connectivity index (χ1v) is 11.1. The van der Waals surface area contributed by atoms with Crippen molar-refractivity contribution in [3.05, 3.63) is 58.1 Å². The molecule has 0 bridgehead atoms. The van der Waals surface area contributed by atoms with Gasteiger partial charge in [0.15, 0.2) is 0 Å². The quantitative estimate of drug-likeness (QED) is 0.445.